The minimum Gasteiger partial charge on any atom is -0.423 e. The molecule has 1 saturated carbocycles. The van der Waals surface area contributed by atoms with Crippen LogP contribution in [0, 0.1) is 11.3 Å². The van der Waals surface area contributed by atoms with E-state index in [-0.39, 0.29) is 0 Å². The van der Waals surface area contributed by atoms with Gasteiger partial charge in [-0.3, -0.25) is 0 Å². The van der Waals surface area contributed by atoms with Crippen LogP contribution in [-0.4, -0.2) is 31.3 Å². The molecule has 112 valence electrons. The molecule has 1 aromatic carbocycles. The first kappa shape index (κ1) is 13.4. The van der Waals surface area contributed by atoms with Gasteiger partial charge in [0.1, 0.15) is 6.07 Å². The summed E-state index contributed by atoms with van der Waals surface area (Å²) in [6.45, 7) is 2.82. The molecule has 1 aliphatic heterocycles. The number of nitrogens with zero attached hydrogens (tertiary/aromatic N) is 3. The molecule has 2 heterocycles. The molecule has 22 heavy (non-hydrogen) atoms. The van der Waals surface area contributed by atoms with Crippen LogP contribution in [0.15, 0.2) is 34.7 Å². The van der Waals surface area contributed by atoms with Gasteiger partial charge in [-0.1, -0.05) is 30.3 Å². The monoisotopic (exact) mass is 295 g/mol. The van der Waals surface area contributed by atoms with Gasteiger partial charge in [0.15, 0.2) is 0 Å². The molecule has 4 rings (SSSR count). The standard InChI is InChI=1S/C17H17N3O2/c18-11-15-17(20-6-8-21-9-7-20)22-16(19-15)14-10-13(14)12-4-2-1-3-5-12/h1-5,13-14H,6-10H2/t13-,14+/m1/s1. The van der Waals surface area contributed by atoms with E-state index < -0.39 is 0 Å². The number of hydrogen-bond acceptors (Lipinski definition) is 5. The highest BCUT2D eigenvalue weighted by atomic mass is 16.5. The van der Waals surface area contributed by atoms with Crippen molar-refractivity contribution in [2.24, 2.45) is 0 Å². The van der Waals surface area contributed by atoms with Gasteiger partial charge >= 0.3 is 0 Å². The minimum absolute atomic E-state index is 0.296. The molecule has 0 amide bonds. The quantitative estimate of drug-likeness (QED) is 0.871. The molecule has 1 aliphatic carbocycles. The molecule has 1 saturated heterocycles. The predicted octanol–water partition coefficient (Wildman–Crippen LogP) is 2.65. The Kier molecular flexibility index (Phi) is 3.32. The molecule has 5 heteroatoms. The molecular weight excluding hydrogens is 278 g/mol. The van der Waals surface area contributed by atoms with Gasteiger partial charge in [-0.2, -0.15) is 5.26 Å². The average molecular weight is 295 g/mol. The van der Waals surface area contributed by atoms with Crippen LogP contribution < -0.4 is 4.90 Å². The Morgan fingerprint density at radius 2 is 1.91 bits per heavy atom. The molecule has 2 atom stereocenters. The van der Waals surface area contributed by atoms with E-state index in [1.165, 1.54) is 5.56 Å². The third-order valence-corrected chi connectivity index (χ3v) is 4.37. The molecule has 2 aliphatic rings. The molecule has 1 aromatic heterocycles. The van der Waals surface area contributed by atoms with E-state index in [1.807, 2.05) is 6.07 Å². The number of rotatable bonds is 3. The summed E-state index contributed by atoms with van der Waals surface area (Å²) in [6, 6.07) is 12.6. The minimum atomic E-state index is 0.296. The van der Waals surface area contributed by atoms with Crippen LogP contribution in [0.4, 0.5) is 5.88 Å². The Labute approximate surface area is 129 Å². The van der Waals surface area contributed by atoms with Gasteiger partial charge < -0.3 is 14.1 Å². The average Bonchev–Trinajstić information content (AvgIpc) is 3.28. The SMILES string of the molecule is N#Cc1nc([C@H]2C[C@@H]2c2ccccc2)oc1N1CCOCC1. The lowest BCUT2D eigenvalue weighted by Crippen LogP contribution is -2.36. The zero-order chi connectivity index (χ0) is 14.9. The van der Waals surface area contributed by atoms with Crippen LogP contribution in [0.3, 0.4) is 0 Å². The van der Waals surface area contributed by atoms with Gasteiger partial charge in [-0.05, 0) is 17.9 Å². The second-order valence-electron chi connectivity index (χ2n) is 5.78. The van der Waals surface area contributed by atoms with Gasteiger partial charge in [0.25, 0.3) is 0 Å². The Morgan fingerprint density at radius 1 is 1.14 bits per heavy atom. The number of aromatic nitrogens is 1. The van der Waals surface area contributed by atoms with Crippen molar-refractivity contribution in [3.05, 3.63) is 47.5 Å². The highest BCUT2D eigenvalue weighted by Gasteiger charge is 2.44. The summed E-state index contributed by atoms with van der Waals surface area (Å²) in [5, 5.41) is 9.32. The zero-order valence-electron chi connectivity index (χ0n) is 12.2. The van der Waals surface area contributed by atoms with E-state index in [2.05, 4.69) is 40.2 Å². The van der Waals surface area contributed by atoms with Gasteiger partial charge in [0, 0.05) is 19.0 Å². The summed E-state index contributed by atoms with van der Waals surface area (Å²) in [6.07, 6.45) is 1.04. The lowest BCUT2D eigenvalue weighted by Gasteiger charge is -2.26. The van der Waals surface area contributed by atoms with E-state index >= 15 is 0 Å². The molecule has 2 fully saturated rings. The largest absolute Gasteiger partial charge is 0.423 e. The van der Waals surface area contributed by atoms with Gasteiger partial charge in [0.05, 0.1) is 13.2 Å². The van der Waals surface area contributed by atoms with Crippen LogP contribution in [-0.2, 0) is 4.74 Å². The highest BCUT2D eigenvalue weighted by molar-refractivity contribution is 5.49. The fourth-order valence-corrected chi connectivity index (χ4v) is 3.08. The molecule has 0 unspecified atom stereocenters. The summed E-state index contributed by atoms with van der Waals surface area (Å²) in [5.41, 5.74) is 1.72. The number of nitriles is 1. The van der Waals surface area contributed by atoms with Crippen LogP contribution in [0.1, 0.15) is 35.4 Å². The predicted molar refractivity (Wildman–Crippen MR) is 80.8 cm³/mol. The maximum atomic E-state index is 9.32. The van der Waals surface area contributed by atoms with Crippen LogP contribution in [0.2, 0.25) is 0 Å². The Bertz CT molecular complexity index is 698. The third kappa shape index (κ3) is 2.36. The number of morpholine rings is 1. The molecule has 0 N–H and O–H groups in total. The van der Waals surface area contributed by atoms with E-state index in [4.69, 9.17) is 9.15 Å². The summed E-state index contributed by atoms with van der Waals surface area (Å²) >= 11 is 0. The van der Waals surface area contributed by atoms with Crippen LogP contribution in [0.5, 0.6) is 0 Å². The maximum absolute atomic E-state index is 9.32. The smallest absolute Gasteiger partial charge is 0.234 e. The van der Waals surface area contributed by atoms with Crippen molar-refractivity contribution in [1.29, 1.82) is 5.26 Å². The first-order valence-electron chi connectivity index (χ1n) is 7.65. The highest BCUT2D eigenvalue weighted by Crippen LogP contribution is 2.54. The lowest BCUT2D eigenvalue weighted by molar-refractivity contribution is 0.120. The molecule has 0 radical (unpaired) electrons. The van der Waals surface area contributed by atoms with Gasteiger partial charge in [-0.15, -0.1) is 0 Å². The molecular formula is C17H17N3O2. The topological polar surface area (TPSA) is 62.3 Å². The fraction of sp³-hybridized carbons (Fsp3) is 0.412. The molecule has 0 bridgehead atoms. The third-order valence-electron chi connectivity index (χ3n) is 4.37. The number of anilines is 1. The second-order valence-corrected chi connectivity index (χ2v) is 5.78. The first-order chi connectivity index (χ1) is 10.9. The van der Waals surface area contributed by atoms with E-state index in [0.717, 1.165) is 19.5 Å². The van der Waals surface area contributed by atoms with Crippen molar-refractivity contribution in [3.63, 3.8) is 0 Å². The van der Waals surface area contributed by atoms with Crippen molar-refractivity contribution in [2.45, 2.75) is 18.3 Å². The summed E-state index contributed by atoms with van der Waals surface area (Å²) < 4.78 is 11.3. The lowest BCUT2D eigenvalue weighted by atomic mass is 10.1. The number of ether oxygens (including phenoxy) is 1. The van der Waals surface area contributed by atoms with Crippen molar-refractivity contribution in [1.82, 2.24) is 4.98 Å². The zero-order valence-corrected chi connectivity index (χ0v) is 12.2. The first-order valence-corrected chi connectivity index (χ1v) is 7.65. The number of hydrogen-bond donors (Lipinski definition) is 0. The Balaban J connectivity index is 1.57. The summed E-state index contributed by atoms with van der Waals surface area (Å²) in [7, 11) is 0. The summed E-state index contributed by atoms with van der Waals surface area (Å²) in [4.78, 5) is 6.49. The van der Waals surface area contributed by atoms with Crippen molar-refractivity contribution >= 4 is 5.88 Å². The van der Waals surface area contributed by atoms with Crippen LogP contribution in [0.25, 0.3) is 0 Å². The van der Waals surface area contributed by atoms with E-state index in [0.29, 0.717) is 42.5 Å². The van der Waals surface area contributed by atoms with Gasteiger partial charge in [0.2, 0.25) is 17.5 Å². The number of benzene rings is 1. The Hall–Kier alpha value is -2.32. The normalized spacial score (nSPS) is 24.0. The number of oxazole rings is 1. The van der Waals surface area contributed by atoms with Crippen LogP contribution >= 0.6 is 0 Å². The van der Waals surface area contributed by atoms with Crippen molar-refractivity contribution < 1.29 is 9.15 Å². The van der Waals surface area contributed by atoms with Gasteiger partial charge in [-0.25, -0.2) is 4.98 Å². The van der Waals surface area contributed by atoms with Crippen molar-refractivity contribution in [2.75, 3.05) is 31.2 Å². The van der Waals surface area contributed by atoms with Crippen molar-refractivity contribution in [3.8, 4) is 6.07 Å². The maximum Gasteiger partial charge on any atom is 0.234 e. The Morgan fingerprint density at radius 3 is 2.64 bits per heavy atom. The fourth-order valence-electron chi connectivity index (χ4n) is 3.08. The van der Waals surface area contributed by atoms with E-state index in [9.17, 15) is 5.26 Å². The molecule has 5 nitrogen and oxygen atoms in total. The summed E-state index contributed by atoms with van der Waals surface area (Å²) in [5.74, 6) is 2.07. The van der Waals surface area contributed by atoms with E-state index in [1.54, 1.807) is 0 Å². The molecule has 2 aromatic rings. The second kappa shape index (κ2) is 5.47. The molecule has 0 spiro atoms.